The molecule has 0 aromatic heterocycles. The molecular formula is C8H12O5. The third kappa shape index (κ3) is 5.98. The van der Waals surface area contributed by atoms with Crippen molar-refractivity contribution < 1.29 is 23.9 Å². The third-order valence-electron chi connectivity index (χ3n) is 1.05. The summed E-state index contributed by atoms with van der Waals surface area (Å²) in [5.74, 6) is -2.80. The molecule has 74 valence electrons. The minimum absolute atomic E-state index is 0.333. The normalized spacial score (nSPS) is 9.38. The van der Waals surface area contributed by atoms with Crippen molar-refractivity contribution in [2.45, 2.75) is 20.3 Å². The molecule has 0 saturated heterocycles. The molecule has 0 unspecified atom stereocenters. The first-order valence-corrected chi connectivity index (χ1v) is 3.91. The van der Waals surface area contributed by atoms with E-state index in [9.17, 15) is 14.4 Å². The molecule has 0 saturated carbocycles. The summed E-state index contributed by atoms with van der Waals surface area (Å²) in [5, 5.41) is 0. The van der Waals surface area contributed by atoms with E-state index in [0.717, 1.165) is 13.3 Å². The number of carbonyl (C=O) groups excluding carboxylic acids is 3. The van der Waals surface area contributed by atoms with Crippen LogP contribution in [-0.4, -0.2) is 30.9 Å². The number of ether oxygens (including phenoxy) is 2. The number of hydrogen-bond acceptors (Lipinski definition) is 5. The second kappa shape index (κ2) is 6.30. The minimum Gasteiger partial charge on any atom is -0.387 e. The van der Waals surface area contributed by atoms with Crippen LogP contribution in [0.4, 0.5) is 0 Å². The second-order valence-corrected chi connectivity index (χ2v) is 2.36. The molecule has 0 aliphatic heterocycles. The van der Waals surface area contributed by atoms with Crippen LogP contribution in [-0.2, 0) is 23.9 Å². The van der Waals surface area contributed by atoms with Gasteiger partial charge in [-0.2, -0.15) is 0 Å². The Balaban J connectivity index is 3.70. The average molecular weight is 188 g/mol. The van der Waals surface area contributed by atoms with Crippen molar-refractivity contribution in [1.29, 1.82) is 0 Å². The Morgan fingerprint density at radius 1 is 1.23 bits per heavy atom. The number of esters is 2. The van der Waals surface area contributed by atoms with Gasteiger partial charge in [0.1, 0.15) is 6.61 Å². The summed E-state index contributed by atoms with van der Waals surface area (Å²) in [6, 6.07) is 0. The number of hydrogen-bond donors (Lipinski definition) is 0. The van der Waals surface area contributed by atoms with Gasteiger partial charge in [-0.05, 0) is 6.42 Å². The summed E-state index contributed by atoms with van der Waals surface area (Å²) in [7, 11) is 0. The van der Waals surface area contributed by atoms with Gasteiger partial charge < -0.3 is 9.47 Å². The number of ketones is 1. The largest absolute Gasteiger partial charge is 0.387 e. The van der Waals surface area contributed by atoms with Gasteiger partial charge in [0.25, 0.3) is 5.78 Å². The lowest BCUT2D eigenvalue weighted by molar-refractivity contribution is -0.164. The molecule has 0 bridgehead atoms. The van der Waals surface area contributed by atoms with Crippen molar-refractivity contribution in [2.24, 2.45) is 0 Å². The van der Waals surface area contributed by atoms with Crippen LogP contribution < -0.4 is 0 Å². The Morgan fingerprint density at radius 3 is 2.31 bits per heavy atom. The zero-order chi connectivity index (χ0) is 10.3. The molecule has 0 aliphatic rings. The van der Waals surface area contributed by atoms with E-state index in [1.54, 1.807) is 0 Å². The lowest BCUT2D eigenvalue weighted by Gasteiger charge is -2.00. The van der Waals surface area contributed by atoms with Crippen LogP contribution in [0.2, 0.25) is 0 Å². The van der Waals surface area contributed by atoms with E-state index in [0.29, 0.717) is 6.61 Å². The molecule has 0 aliphatic carbocycles. The SMILES string of the molecule is CCCOCC(=O)C(=O)OC(C)=O. The molecule has 0 spiro atoms. The van der Waals surface area contributed by atoms with Crippen molar-refractivity contribution in [3.05, 3.63) is 0 Å². The Kier molecular flexibility index (Phi) is 5.71. The molecule has 0 aromatic carbocycles. The van der Waals surface area contributed by atoms with E-state index in [-0.39, 0.29) is 6.61 Å². The van der Waals surface area contributed by atoms with E-state index >= 15 is 0 Å². The molecule has 0 amide bonds. The monoisotopic (exact) mass is 188 g/mol. The fraction of sp³-hybridized carbons (Fsp3) is 0.625. The van der Waals surface area contributed by atoms with Gasteiger partial charge in [-0.15, -0.1) is 0 Å². The molecule has 0 heterocycles. The van der Waals surface area contributed by atoms with Crippen LogP contribution in [0.1, 0.15) is 20.3 Å². The fourth-order valence-electron chi connectivity index (χ4n) is 0.556. The smallest absolute Gasteiger partial charge is 0.384 e. The van der Waals surface area contributed by atoms with Gasteiger partial charge in [0.15, 0.2) is 0 Å². The summed E-state index contributed by atoms with van der Waals surface area (Å²) in [4.78, 5) is 31.7. The summed E-state index contributed by atoms with van der Waals surface area (Å²) >= 11 is 0. The summed E-state index contributed by atoms with van der Waals surface area (Å²) in [5.41, 5.74) is 0. The number of Topliss-reactive ketones (excluding diaryl/α,β-unsaturated/α-hetero) is 1. The lowest BCUT2D eigenvalue weighted by Crippen LogP contribution is -2.24. The van der Waals surface area contributed by atoms with Crippen LogP contribution in [0.3, 0.4) is 0 Å². The first-order chi connectivity index (χ1) is 6.07. The second-order valence-electron chi connectivity index (χ2n) is 2.36. The standard InChI is InChI=1S/C8H12O5/c1-3-4-12-5-7(10)8(11)13-6(2)9/h3-5H2,1-2H3. The first-order valence-electron chi connectivity index (χ1n) is 3.91. The third-order valence-corrected chi connectivity index (χ3v) is 1.05. The maximum absolute atomic E-state index is 10.8. The van der Waals surface area contributed by atoms with Gasteiger partial charge >= 0.3 is 11.9 Å². The highest BCUT2D eigenvalue weighted by Gasteiger charge is 2.16. The van der Waals surface area contributed by atoms with Crippen molar-refractivity contribution >= 4 is 17.7 Å². The highest BCUT2D eigenvalue weighted by molar-refractivity contribution is 6.35. The van der Waals surface area contributed by atoms with Gasteiger partial charge in [0.05, 0.1) is 0 Å². The predicted octanol–water partition coefficient (Wildman–Crippen LogP) is 0.0718. The van der Waals surface area contributed by atoms with E-state index in [4.69, 9.17) is 4.74 Å². The molecule has 0 aromatic rings. The molecule has 0 N–H and O–H groups in total. The molecule has 0 rings (SSSR count). The van der Waals surface area contributed by atoms with Crippen LogP contribution in [0.15, 0.2) is 0 Å². The Labute approximate surface area is 76.0 Å². The van der Waals surface area contributed by atoms with Gasteiger partial charge in [-0.3, -0.25) is 9.59 Å². The predicted molar refractivity (Wildman–Crippen MR) is 42.9 cm³/mol. The number of rotatable bonds is 5. The molecule has 0 fully saturated rings. The van der Waals surface area contributed by atoms with E-state index in [1.807, 2.05) is 6.92 Å². The van der Waals surface area contributed by atoms with Crippen LogP contribution in [0.5, 0.6) is 0 Å². The Bertz CT molecular complexity index is 209. The lowest BCUT2D eigenvalue weighted by atomic mass is 10.4. The van der Waals surface area contributed by atoms with Crippen LogP contribution >= 0.6 is 0 Å². The van der Waals surface area contributed by atoms with Gasteiger partial charge in [0, 0.05) is 13.5 Å². The van der Waals surface area contributed by atoms with Crippen molar-refractivity contribution in [3.8, 4) is 0 Å². The van der Waals surface area contributed by atoms with Crippen LogP contribution in [0.25, 0.3) is 0 Å². The molecule has 5 nitrogen and oxygen atoms in total. The zero-order valence-corrected chi connectivity index (χ0v) is 7.66. The average Bonchev–Trinajstić information content (AvgIpc) is 2.03. The highest BCUT2D eigenvalue weighted by Crippen LogP contribution is 1.86. The molecule has 0 atom stereocenters. The Hall–Kier alpha value is -1.23. The maximum atomic E-state index is 10.8. The maximum Gasteiger partial charge on any atom is 0.384 e. The van der Waals surface area contributed by atoms with Crippen molar-refractivity contribution in [3.63, 3.8) is 0 Å². The summed E-state index contributed by atoms with van der Waals surface area (Å²) in [6.07, 6.45) is 0.759. The molecule has 13 heavy (non-hydrogen) atoms. The minimum atomic E-state index is -1.16. The quantitative estimate of drug-likeness (QED) is 0.264. The van der Waals surface area contributed by atoms with Crippen molar-refractivity contribution in [1.82, 2.24) is 0 Å². The Morgan fingerprint density at radius 2 is 1.85 bits per heavy atom. The zero-order valence-electron chi connectivity index (χ0n) is 7.66. The first kappa shape index (κ1) is 11.8. The van der Waals surface area contributed by atoms with E-state index in [1.165, 1.54) is 0 Å². The van der Waals surface area contributed by atoms with Gasteiger partial charge in [0.2, 0.25) is 0 Å². The fourth-order valence-corrected chi connectivity index (χ4v) is 0.556. The highest BCUT2D eigenvalue weighted by atomic mass is 16.6. The molecule has 5 heteroatoms. The summed E-state index contributed by atoms with van der Waals surface area (Å²) < 4.78 is 8.82. The topological polar surface area (TPSA) is 69.7 Å². The van der Waals surface area contributed by atoms with E-state index in [2.05, 4.69) is 4.74 Å². The van der Waals surface area contributed by atoms with Crippen molar-refractivity contribution in [2.75, 3.05) is 13.2 Å². The van der Waals surface area contributed by atoms with Gasteiger partial charge in [-0.1, -0.05) is 6.92 Å². The van der Waals surface area contributed by atoms with Crippen LogP contribution in [0, 0.1) is 0 Å². The molecular weight excluding hydrogens is 176 g/mol. The van der Waals surface area contributed by atoms with Gasteiger partial charge in [-0.25, -0.2) is 4.79 Å². The summed E-state index contributed by atoms with van der Waals surface area (Å²) in [6.45, 7) is 3.00. The molecule has 0 radical (unpaired) electrons. The number of carbonyl (C=O) groups is 3. The van der Waals surface area contributed by atoms with E-state index < -0.39 is 17.7 Å².